The molecule has 0 aromatic rings. The van der Waals surface area contributed by atoms with E-state index in [0.29, 0.717) is 6.04 Å². The van der Waals surface area contributed by atoms with E-state index in [1.54, 1.807) is 0 Å². The lowest BCUT2D eigenvalue weighted by Gasteiger charge is -2.40. The molecule has 0 aliphatic carbocycles. The summed E-state index contributed by atoms with van der Waals surface area (Å²) in [6.07, 6.45) is 5.14. The third-order valence-electron chi connectivity index (χ3n) is 6.27. The third-order valence-corrected chi connectivity index (χ3v) is 10.7. The van der Waals surface area contributed by atoms with Crippen molar-refractivity contribution in [3.8, 4) is 0 Å². The highest BCUT2D eigenvalue weighted by Crippen LogP contribution is 2.44. The lowest BCUT2D eigenvalue weighted by Crippen LogP contribution is -2.47. The molecule has 2 saturated heterocycles. The molecular weight excluding hydrogens is 342 g/mol. The summed E-state index contributed by atoms with van der Waals surface area (Å²) in [6, 6.07) is 0.468. The molecule has 0 saturated carbocycles. The first-order valence-electron chi connectivity index (χ1n) is 10.1. The van der Waals surface area contributed by atoms with Crippen LogP contribution in [0, 0.1) is 5.92 Å². The summed E-state index contributed by atoms with van der Waals surface area (Å²) in [4.78, 5) is 14.9. The van der Waals surface area contributed by atoms with Gasteiger partial charge in [0.05, 0.1) is 5.76 Å². The number of rotatable bonds is 3. The summed E-state index contributed by atoms with van der Waals surface area (Å²) in [5.41, 5.74) is -0.465. The molecule has 150 valence electrons. The van der Waals surface area contributed by atoms with Gasteiger partial charge < -0.3 is 14.1 Å². The first kappa shape index (κ1) is 21.3. The van der Waals surface area contributed by atoms with Gasteiger partial charge in [-0.25, -0.2) is 4.79 Å². The Hall–Kier alpha value is -0.973. The zero-order valence-corrected chi connectivity index (χ0v) is 19.1. The Morgan fingerprint density at radius 2 is 1.65 bits per heavy atom. The second-order valence-electron chi connectivity index (χ2n) is 10.6. The predicted octanol–water partition coefficient (Wildman–Crippen LogP) is 6.09. The summed E-state index contributed by atoms with van der Waals surface area (Å²) in [6.45, 7) is 21.4. The van der Waals surface area contributed by atoms with Crippen molar-refractivity contribution in [2.24, 2.45) is 5.92 Å². The van der Waals surface area contributed by atoms with Gasteiger partial charge in [0, 0.05) is 18.0 Å². The number of ether oxygens (including phenoxy) is 1. The molecule has 0 radical (unpaired) electrons. The smallest absolute Gasteiger partial charge is 0.410 e. The molecule has 5 heteroatoms. The van der Waals surface area contributed by atoms with Crippen LogP contribution in [-0.4, -0.2) is 37.0 Å². The van der Waals surface area contributed by atoms with E-state index in [0.717, 1.165) is 37.9 Å². The molecule has 0 N–H and O–H groups in total. The second kappa shape index (κ2) is 7.21. The van der Waals surface area contributed by atoms with Gasteiger partial charge in [0.15, 0.2) is 0 Å². The molecule has 0 unspecified atom stereocenters. The molecule has 0 aromatic carbocycles. The van der Waals surface area contributed by atoms with E-state index in [1.165, 1.54) is 0 Å². The lowest BCUT2D eigenvalue weighted by atomic mass is 9.89. The predicted molar refractivity (Wildman–Crippen MR) is 110 cm³/mol. The van der Waals surface area contributed by atoms with Gasteiger partial charge in [-0.15, -0.1) is 0 Å². The number of nitrogens with zero attached hydrogens (tertiary/aromatic N) is 1. The van der Waals surface area contributed by atoms with Crippen LogP contribution in [0.2, 0.25) is 18.1 Å². The molecule has 2 heterocycles. The van der Waals surface area contributed by atoms with Crippen LogP contribution in [0.5, 0.6) is 0 Å². The van der Waals surface area contributed by atoms with E-state index < -0.39 is 13.9 Å². The average molecular weight is 382 g/mol. The van der Waals surface area contributed by atoms with Crippen molar-refractivity contribution in [2.75, 3.05) is 0 Å². The topological polar surface area (TPSA) is 38.8 Å². The molecule has 2 bridgehead atoms. The normalized spacial score (nSPS) is 27.1. The van der Waals surface area contributed by atoms with Crippen molar-refractivity contribution in [1.82, 2.24) is 4.90 Å². The first-order valence-corrected chi connectivity index (χ1v) is 13.0. The van der Waals surface area contributed by atoms with Crippen LogP contribution in [0.1, 0.15) is 73.6 Å². The first-order chi connectivity index (χ1) is 11.7. The van der Waals surface area contributed by atoms with Crippen LogP contribution < -0.4 is 0 Å². The Balaban J connectivity index is 2.19. The number of carbonyl (C=O) groups is 1. The van der Waals surface area contributed by atoms with Crippen molar-refractivity contribution >= 4 is 14.4 Å². The number of carbonyl (C=O) groups excluding carboxylic acids is 1. The number of amides is 1. The Morgan fingerprint density at radius 3 is 2.19 bits per heavy atom. The SMILES string of the molecule is C=C(O[Si](C)(C)C(C)(C)C)[C@H]1CCC[C@@H]2CC[C@H]1N2C(=O)OC(C)(C)C. The Bertz CT molecular complexity index is 544. The molecule has 1 amide bonds. The third kappa shape index (κ3) is 4.65. The molecule has 0 aromatic heterocycles. The van der Waals surface area contributed by atoms with Gasteiger partial charge in [-0.2, -0.15) is 0 Å². The van der Waals surface area contributed by atoms with Gasteiger partial charge in [0.25, 0.3) is 0 Å². The van der Waals surface area contributed by atoms with E-state index >= 15 is 0 Å². The fourth-order valence-corrected chi connectivity index (χ4v) is 5.00. The molecule has 26 heavy (non-hydrogen) atoms. The maximum absolute atomic E-state index is 12.9. The maximum atomic E-state index is 12.9. The van der Waals surface area contributed by atoms with Crippen molar-refractivity contribution in [3.05, 3.63) is 12.3 Å². The van der Waals surface area contributed by atoms with Gasteiger partial charge in [0.1, 0.15) is 5.60 Å². The monoisotopic (exact) mass is 381 g/mol. The summed E-state index contributed by atoms with van der Waals surface area (Å²) >= 11 is 0. The zero-order chi connectivity index (χ0) is 19.9. The minimum absolute atomic E-state index is 0.143. The van der Waals surface area contributed by atoms with Crippen LogP contribution >= 0.6 is 0 Å². The summed E-state index contributed by atoms with van der Waals surface area (Å²) in [5, 5.41) is 0.143. The van der Waals surface area contributed by atoms with Gasteiger partial charge in [0.2, 0.25) is 8.32 Å². The number of hydrogen-bond acceptors (Lipinski definition) is 3. The van der Waals surface area contributed by atoms with E-state index in [-0.39, 0.29) is 23.1 Å². The van der Waals surface area contributed by atoms with Gasteiger partial charge >= 0.3 is 6.09 Å². The Kier molecular flexibility index (Phi) is 5.92. The van der Waals surface area contributed by atoms with Crippen molar-refractivity contribution in [2.45, 2.75) is 109 Å². The second-order valence-corrected chi connectivity index (χ2v) is 15.3. The average Bonchev–Trinajstić information content (AvgIpc) is 2.71. The van der Waals surface area contributed by atoms with E-state index in [2.05, 4.69) is 40.4 Å². The van der Waals surface area contributed by atoms with Gasteiger partial charge in [-0.1, -0.05) is 33.8 Å². The summed E-state index contributed by atoms with van der Waals surface area (Å²) < 4.78 is 12.3. The highest BCUT2D eigenvalue weighted by molar-refractivity contribution is 6.74. The molecule has 2 aliphatic heterocycles. The Morgan fingerprint density at radius 1 is 1.04 bits per heavy atom. The highest BCUT2D eigenvalue weighted by Gasteiger charge is 2.47. The minimum Gasteiger partial charge on any atom is -0.547 e. The van der Waals surface area contributed by atoms with Crippen molar-refractivity contribution in [1.29, 1.82) is 0 Å². The minimum atomic E-state index is -1.92. The number of fused-ring (bicyclic) bond motifs is 2. The van der Waals surface area contributed by atoms with Crippen LogP contribution in [0.15, 0.2) is 12.3 Å². The van der Waals surface area contributed by atoms with Crippen LogP contribution in [-0.2, 0) is 9.16 Å². The van der Waals surface area contributed by atoms with Crippen LogP contribution in [0.3, 0.4) is 0 Å². The Labute approximate surface area is 161 Å². The maximum Gasteiger partial charge on any atom is 0.410 e. The summed E-state index contributed by atoms with van der Waals surface area (Å²) in [7, 11) is -1.92. The molecule has 4 nitrogen and oxygen atoms in total. The van der Waals surface area contributed by atoms with E-state index in [9.17, 15) is 4.79 Å². The fourth-order valence-electron chi connectivity index (χ4n) is 3.89. The van der Waals surface area contributed by atoms with Gasteiger partial charge in [-0.3, -0.25) is 0 Å². The molecule has 2 fully saturated rings. The molecule has 3 atom stereocenters. The highest BCUT2D eigenvalue weighted by atomic mass is 28.4. The van der Waals surface area contributed by atoms with Crippen LogP contribution in [0.25, 0.3) is 0 Å². The van der Waals surface area contributed by atoms with E-state index in [4.69, 9.17) is 9.16 Å². The quantitative estimate of drug-likeness (QED) is 0.438. The number of hydrogen-bond donors (Lipinski definition) is 0. The molecule has 0 spiro atoms. The van der Waals surface area contributed by atoms with E-state index in [1.807, 2.05) is 25.7 Å². The lowest BCUT2D eigenvalue weighted by molar-refractivity contribution is 0.0112. The largest absolute Gasteiger partial charge is 0.547 e. The van der Waals surface area contributed by atoms with Crippen LogP contribution in [0.4, 0.5) is 4.79 Å². The standard InChI is InChI=1S/C21H39NO3Si/c1-15(25-26(8,9)21(5,6)7)17-12-10-11-16-13-14-18(17)22(16)19(23)24-20(2,3)4/h16-18H,1,10-14H2,2-9H3/t16-,17-,18-/m1/s1. The molecular formula is C21H39NO3Si. The van der Waals surface area contributed by atoms with Gasteiger partial charge in [-0.05, 0) is 64.6 Å². The molecule has 2 aliphatic rings. The summed E-state index contributed by atoms with van der Waals surface area (Å²) in [5.74, 6) is 1.10. The zero-order valence-electron chi connectivity index (χ0n) is 18.1. The molecule has 2 rings (SSSR count). The fraction of sp³-hybridized carbons (Fsp3) is 0.857. The van der Waals surface area contributed by atoms with Crippen molar-refractivity contribution in [3.63, 3.8) is 0 Å². The van der Waals surface area contributed by atoms with Crippen molar-refractivity contribution < 1.29 is 14.0 Å².